The maximum absolute atomic E-state index is 11.8. The number of β-amino-alcohol motifs (C(OH)–C–C–N with tert-alkyl or cyclic N) is 1. The molecule has 0 spiro atoms. The first kappa shape index (κ1) is 15.7. The molecule has 0 aliphatic carbocycles. The van der Waals surface area contributed by atoms with Crippen LogP contribution in [0.5, 0.6) is 0 Å². The lowest BCUT2D eigenvalue weighted by Crippen LogP contribution is -2.46. The van der Waals surface area contributed by atoms with E-state index in [4.69, 9.17) is 9.84 Å². The van der Waals surface area contributed by atoms with Crippen molar-refractivity contribution in [2.24, 2.45) is 0 Å². The number of carboxylic acids is 1. The highest BCUT2D eigenvalue weighted by Crippen LogP contribution is 2.18. The van der Waals surface area contributed by atoms with Gasteiger partial charge in [0.25, 0.3) is 0 Å². The molecule has 3 N–H and O–H groups in total. The highest BCUT2D eigenvalue weighted by molar-refractivity contribution is 5.83. The molecule has 0 unspecified atom stereocenters. The molecule has 19 heavy (non-hydrogen) atoms. The summed E-state index contributed by atoms with van der Waals surface area (Å²) in [6.45, 7) is 1.28. The number of aliphatic carboxylic acids is 1. The number of unbranched alkanes of at least 4 members (excludes halogenated alkanes) is 2. The van der Waals surface area contributed by atoms with Crippen LogP contribution in [0.15, 0.2) is 0 Å². The van der Waals surface area contributed by atoms with E-state index in [1.807, 2.05) is 0 Å². The van der Waals surface area contributed by atoms with Crippen molar-refractivity contribution in [2.45, 2.75) is 37.8 Å². The number of ether oxygens (including phenoxy) is 1. The number of aliphatic hydroxyl groups is 1. The molecule has 7 nitrogen and oxygen atoms in total. The molecule has 1 fully saturated rings. The third-order valence-electron chi connectivity index (χ3n) is 3.13. The first-order chi connectivity index (χ1) is 9.06. The Bertz CT molecular complexity index is 310. The summed E-state index contributed by atoms with van der Waals surface area (Å²) >= 11 is 0. The van der Waals surface area contributed by atoms with Crippen LogP contribution in [0, 0.1) is 0 Å². The van der Waals surface area contributed by atoms with Gasteiger partial charge in [-0.1, -0.05) is 0 Å². The maximum atomic E-state index is 11.8. The van der Waals surface area contributed by atoms with E-state index in [9.17, 15) is 14.7 Å². The number of likely N-dealkylation sites (tertiary alicyclic amines) is 1. The lowest BCUT2D eigenvalue weighted by atomic mass is 10.2. The Kier molecular flexibility index (Phi) is 6.58. The van der Waals surface area contributed by atoms with E-state index >= 15 is 0 Å². The van der Waals surface area contributed by atoms with Crippen LogP contribution < -0.4 is 5.32 Å². The van der Waals surface area contributed by atoms with Crippen molar-refractivity contribution in [2.75, 3.05) is 26.8 Å². The molecule has 0 saturated carbocycles. The Labute approximate surface area is 112 Å². The molecule has 0 aromatic carbocycles. The van der Waals surface area contributed by atoms with E-state index in [-0.39, 0.29) is 13.0 Å². The van der Waals surface area contributed by atoms with Gasteiger partial charge < -0.3 is 25.2 Å². The molecule has 1 heterocycles. The van der Waals surface area contributed by atoms with Crippen LogP contribution in [-0.2, 0) is 9.53 Å². The fraction of sp³-hybridized carbons (Fsp3) is 0.833. The highest BCUT2D eigenvalue weighted by atomic mass is 16.5. The topological polar surface area (TPSA) is 99.1 Å². The molecule has 7 heteroatoms. The lowest BCUT2D eigenvalue weighted by molar-refractivity contribution is -0.141. The average Bonchev–Trinajstić information content (AvgIpc) is 2.76. The van der Waals surface area contributed by atoms with Crippen LogP contribution in [0.25, 0.3) is 0 Å². The first-order valence-electron chi connectivity index (χ1n) is 6.50. The van der Waals surface area contributed by atoms with Gasteiger partial charge in [-0.3, -0.25) is 0 Å². The van der Waals surface area contributed by atoms with E-state index in [2.05, 4.69) is 5.32 Å². The van der Waals surface area contributed by atoms with Crippen LogP contribution in [0.2, 0.25) is 0 Å². The number of carbonyl (C=O) groups is 2. The molecule has 0 aromatic heterocycles. The summed E-state index contributed by atoms with van der Waals surface area (Å²) in [6.07, 6.45) is 2.04. The van der Waals surface area contributed by atoms with Crippen molar-refractivity contribution < 1.29 is 24.5 Å². The molecule has 0 bridgehead atoms. The number of urea groups is 1. The van der Waals surface area contributed by atoms with Gasteiger partial charge in [0.1, 0.15) is 6.04 Å². The molecule has 0 aromatic rings. The average molecular weight is 274 g/mol. The zero-order valence-electron chi connectivity index (χ0n) is 11.2. The molecule has 0 radical (unpaired) electrons. The number of aliphatic hydroxyl groups excluding tert-OH is 1. The minimum atomic E-state index is -1.08. The summed E-state index contributed by atoms with van der Waals surface area (Å²) < 4.78 is 4.91. The molecule has 2 amide bonds. The fourth-order valence-corrected chi connectivity index (χ4v) is 2.12. The third kappa shape index (κ3) is 5.04. The summed E-state index contributed by atoms with van der Waals surface area (Å²) in [5.41, 5.74) is 0. The van der Waals surface area contributed by atoms with Gasteiger partial charge in [-0.05, 0) is 19.3 Å². The van der Waals surface area contributed by atoms with Gasteiger partial charge in [-0.15, -0.1) is 0 Å². The number of carbonyl (C=O) groups excluding carboxylic acids is 1. The molecular weight excluding hydrogens is 252 g/mol. The van der Waals surface area contributed by atoms with Crippen molar-refractivity contribution in [1.29, 1.82) is 0 Å². The van der Waals surface area contributed by atoms with Crippen molar-refractivity contribution in [3.8, 4) is 0 Å². The Morgan fingerprint density at radius 1 is 1.37 bits per heavy atom. The Morgan fingerprint density at radius 3 is 2.74 bits per heavy atom. The second kappa shape index (κ2) is 7.96. The number of carboxylic acid groups (broad SMARTS) is 1. The zero-order chi connectivity index (χ0) is 14.3. The number of hydrogen-bond donors (Lipinski definition) is 3. The highest BCUT2D eigenvalue weighted by Gasteiger charge is 2.38. The molecule has 1 saturated heterocycles. The van der Waals surface area contributed by atoms with Crippen molar-refractivity contribution >= 4 is 12.0 Å². The van der Waals surface area contributed by atoms with Crippen LogP contribution in [-0.4, -0.2) is 66.1 Å². The molecule has 1 aliphatic rings. The number of methoxy groups -OCH3 is 1. The number of nitrogens with zero attached hydrogens (tertiary/aromatic N) is 1. The summed E-state index contributed by atoms with van der Waals surface area (Å²) in [6, 6.07) is -1.35. The molecule has 1 aliphatic heterocycles. The Balaban J connectivity index is 2.26. The van der Waals surface area contributed by atoms with Crippen LogP contribution in [0.1, 0.15) is 25.7 Å². The first-order valence-corrected chi connectivity index (χ1v) is 6.50. The second-order valence-electron chi connectivity index (χ2n) is 4.68. The minimum Gasteiger partial charge on any atom is -0.480 e. The van der Waals surface area contributed by atoms with Gasteiger partial charge in [0.05, 0.1) is 6.10 Å². The van der Waals surface area contributed by atoms with E-state index in [0.29, 0.717) is 13.2 Å². The zero-order valence-corrected chi connectivity index (χ0v) is 11.2. The number of amides is 2. The van der Waals surface area contributed by atoms with Crippen LogP contribution >= 0.6 is 0 Å². The number of nitrogens with one attached hydrogen (secondary N) is 1. The van der Waals surface area contributed by atoms with E-state index in [1.165, 1.54) is 4.90 Å². The number of rotatable bonds is 7. The SMILES string of the molecule is COCCCCCNC(=O)N1C[C@@H](O)C[C@H]1C(=O)O. The second-order valence-corrected chi connectivity index (χ2v) is 4.68. The number of hydrogen-bond acceptors (Lipinski definition) is 4. The summed E-state index contributed by atoms with van der Waals surface area (Å²) in [4.78, 5) is 24.0. The predicted octanol–water partition coefficient (Wildman–Crippen LogP) is 0.0325. The van der Waals surface area contributed by atoms with Crippen molar-refractivity contribution in [1.82, 2.24) is 10.2 Å². The monoisotopic (exact) mass is 274 g/mol. The lowest BCUT2D eigenvalue weighted by Gasteiger charge is -2.21. The van der Waals surface area contributed by atoms with Gasteiger partial charge in [0.2, 0.25) is 0 Å². The van der Waals surface area contributed by atoms with E-state index < -0.39 is 24.1 Å². The standard InChI is InChI=1S/C12H22N2O5/c1-19-6-4-2-3-5-13-12(18)14-8-9(15)7-10(14)11(16)17/h9-10,15H,2-8H2,1H3,(H,13,18)(H,16,17)/t9-,10-/m0/s1. The molecule has 1 rings (SSSR count). The fourth-order valence-electron chi connectivity index (χ4n) is 2.12. The van der Waals surface area contributed by atoms with E-state index in [1.54, 1.807) is 7.11 Å². The summed E-state index contributed by atoms with van der Waals surface area (Å²) in [5, 5.41) is 21.1. The van der Waals surface area contributed by atoms with Gasteiger partial charge in [-0.2, -0.15) is 0 Å². The molecular formula is C12H22N2O5. The Morgan fingerprint density at radius 2 is 2.11 bits per heavy atom. The van der Waals surface area contributed by atoms with Crippen molar-refractivity contribution in [3.05, 3.63) is 0 Å². The summed E-state index contributed by atoms with van der Waals surface area (Å²) in [7, 11) is 1.65. The van der Waals surface area contributed by atoms with Crippen LogP contribution in [0.4, 0.5) is 4.79 Å². The largest absolute Gasteiger partial charge is 0.480 e. The maximum Gasteiger partial charge on any atom is 0.326 e. The minimum absolute atomic E-state index is 0.0759. The van der Waals surface area contributed by atoms with Gasteiger partial charge >= 0.3 is 12.0 Å². The van der Waals surface area contributed by atoms with E-state index in [0.717, 1.165) is 19.3 Å². The quantitative estimate of drug-likeness (QED) is 0.569. The van der Waals surface area contributed by atoms with Gasteiger partial charge in [-0.25, -0.2) is 9.59 Å². The Hall–Kier alpha value is -1.34. The van der Waals surface area contributed by atoms with Gasteiger partial charge in [0, 0.05) is 33.2 Å². The molecule has 2 atom stereocenters. The predicted molar refractivity (Wildman–Crippen MR) is 67.9 cm³/mol. The normalized spacial score (nSPS) is 22.5. The molecule has 110 valence electrons. The van der Waals surface area contributed by atoms with Gasteiger partial charge in [0.15, 0.2) is 0 Å². The smallest absolute Gasteiger partial charge is 0.326 e. The van der Waals surface area contributed by atoms with Crippen molar-refractivity contribution in [3.63, 3.8) is 0 Å². The van der Waals surface area contributed by atoms with Crippen LogP contribution in [0.3, 0.4) is 0 Å². The third-order valence-corrected chi connectivity index (χ3v) is 3.13. The summed E-state index contributed by atoms with van der Waals surface area (Å²) in [5.74, 6) is -1.08.